The van der Waals surface area contributed by atoms with Crippen molar-refractivity contribution in [1.29, 1.82) is 0 Å². The van der Waals surface area contributed by atoms with Gasteiger partial charge in [0.1, 0.15) is 5.75 Å². The number of nitrogens with zero attached hydrogens (tertiary/aromatic N) is 2. The summed E-state index contributed by atoms with van der Waals surface area (Å²) in [6.45, 7) is 6.77. The van der Waals surface area contributed by atoms with Gasteiger partial charge in [0.15, 0.2) is 0 Å². The molecule has 1 fully saturated rings. The highest BCUT2D eigenvalue weighted by Gasteiger charge is 2.23. The summed E-state index contributed by atoms with van der Waals surface area (Å²) in [5, 5.41) is 9.16. The first kappa shape index (κ1) is 11.4. The molecule has 16 heavy (non-hydrogen) atoms. The van der Waals surface area contributed by atoms with Crippen molar-refractivity contribution >= 4 is 0 Å². The van der Waals surface area contributed by atoms with Gasteiger partial charge >= 0.3 is 0 Å². The quantitative estimate of drug-likeness (QED) is 0.821. The van der Waals surface area contributed by atoms with Crippen molar-refractivity contribution < 1.29 is 9.84 Å². The van der Waals surface area contributed by atoms with Crippen LogP contribution >= 0.6 is 0 Å². The summed E-state index contributed by atoms with van der Waals surface area (Å²) in [6, 6.07) is 3.96. The predicted octanol–water partition coefficient (Wildman–Crippen LogP) is 1.40. The topological polar surface area (TPSA) is 45.6 Å². The standard InChI is InChI=1S/C12H18N2O2/c1-9-8-16-10(2)6-14(9)7-11-3-4-12(15)5-13-11/h3-5,9-10,15H,6-8H2,1-2H3. The van der Waals surface area contributed by atoms with Crippen LogP contribution in [0, 0.1) is 0 Å². The number of hydrogen-bond acceptors (Lipinski definition) is 4. The summed E-state index contributed by atoms with van der Waals surface area (Å²) in [7, 11) is 0. The third-order valence-corrected chi connectivity index (χ3v) is 2.91. The highest BCUT2D eigenvalue weighted by molar-refractivity contribution is 5.17. The Morgan fingerprint density at radius 2 is 2.31 bits per heavy atom. The molecular weight excluding hydrogens is 204 g/mol. The number of aromatic hydroxyl groups is 1. The van der Waals surface area contributed by atoms with Gasteiger partial charge in [-0.2, -0.15) is 0 Å². The van der Waals surface area contributed by atoms with Crippen molar-refractivity contribution in [2.75, 3.05) is 13.2 Å². The monoisotopic (exact) mass is 222 g/mol. The van der Waals surface area contributed by atoms with E-state index in [1.807, 2.05) is 6.07 Å². The second kappa shape index (κ2) is 4.80. The van der Waals surface area contributed by atoms with Gasteiger partial charge in [0.05, 0.1) is 24.6 Å². The molecule has 2 unspecified atom stereocenters. The van der Waals surface area contributed by atoms with Crippen molar-refractivity contribution in [2.24, 2.45) is 0 Å². The van der Waals surface area contributed by atoms with E-state index < -0.39 is 0 Å². The maximum atomic E-state index is 9.16. The van der Waals surface area contributed by atoms with E-state index in [1.165, 1.54) is 6.20 Å². The van der Waals surface area contributed by atoms with Gasteiger partial charge in [-0.05, 0) is 26.0 Å². The average Bonchev–Trinajstić information content (AvgIpc) is 2.27. The Morgan fingerprint density at radius 1 is 1.50 bits per heavy atom. The molecule has 2 atom stereocenters. The van der Waals surface area contributed by atoms with Crippen molar-refractivity contribution in [2.45, 2.75) is 32.5 Å². The molecule has 4 nitrogen and oxygen atoms in total. The Morgan fingerprint density at radius 3 is 3.00 bits per heavy atom. The molecule has 1 N–H and O–H groups in total. The van der Waals surface area contributed by atoms with Gasteiger partial charge in [-0.15, -0.1) is 0 Å². The average molecular weight is 222 g/mol. The molecule has 0 radical (unpaired) electrons. The van der Waals surface area contributed by atoms with E-state index in [1.54, 1.807) is 6.07 Å². The van der Waals surface area contributed by atoms with Crippen molar-refractivity contribution in [3.8, 4) is 5.75 Å². The zero-order valence-electron chi connectivity index (χ0n) is 9.76. The highest BCUT2D eigenvalue weighted by Crippen LogP contribution is 2.15. The van der Waals surface area contributed by atoms with Crippen LogP contribution in [0.2, 0.25) is 0 Å². The molecule has 2 heterocycles. The van der Waals surface area contributed by atoms with Crippen LogP contribution in [0.1, 0.15) is 19.5 Å². The summed E-state index contributed by atoms with van der Waals surface area (Å²) in [4.78, 5) is 6.55. The maximum absolute atomic E-state index is 9.16. The first-order valence-corrected chi connectivity index (χ1v) is 5.64. The van der Waals surface area contributed by atoms with Crippen LogP contribution in [0.4, 0.5) is 0 Å². The van der Waals surface area contributed by atoms with E-state index in [0.29, 0.717) is 6.04 Å². The van der Waals surface area contributed by atoms with Crippen molar-refractivity contribution in [1.82, 2.24) is 9.88 Å². The van der Waals surface area contributed by atoms with Gasteiger partial charge < -0.3 is 9.84 Å². The second-order valence-electron chi connectivity index (χ2n) is 4.43. The van der Waals surface area contributed by atoms with E-state index in [-0.39, 0.29) is 11.9 Å². The predicted molar refractivity (Wildman–Crippen MR) is 61.2 cm³/mol. The molecule has 1 aliphatic heterocycles. The van der Waals surface area contributed by atoms with Crippen LogP contribution in [0.25, 0.3) is 0 Å². The normalized spacial score (nSPS) is 26.9. The molecular formula is C12H18N2O2. The van der Waals surface area contributed by atoms with E-state index in [2.05, 4.69) is 23.7 Å². The number of pyridine rings is 1. The molecule has 88 valence electrons. The van der Waals surface area contributed by atoms with Gasteiger partial charge in [0, 0.05) is 19.1 Å². The molecule has 1 aliphatic rings. The van der Waals surface area contributed by atoms with Gasteiger partial charge in [-0.1, -0.05) is 0 Å². The van der Waals surface area contributed by atoms with Crippen molar-refractivity contribution in [3.63, 3.8) is 0 Å². The largest absolute Gasteiger partial charge is 0.506 e. The van der Waals surface area contributed by atoms with Gasteiger partial charge in [0.2, 0.25) is 0 Å². The number of hydrogen-bond donors (Lipinski definition) is 1. The minimum Gasteiger partial charge on any atom is -0.506 e. The summed E-state index contributed by atoms with van der Waals surface area (Å²) in [5.74, 6) is 0.215. The van der Waals surface area contributed by atoms with E-state index in [4.69, 9.17) is 9.84 Å². The third kappa shape index (κ3) is 2.71. The number of rotatable bonds is 2. The lowest BCUT2D eigenvalue weighted by atomic mass is 10.2. The molecule has 0 aliphatic carbocycles. The molecule has 1 aromatic heterocycles. The molecule has 1 aromatic rings. The molecule has 0 spiro atoms. The van der Waals surface area contributed by atoms with Crippen molar-refractivity contribution in [3.05, 3.63) is 24.0 Å². The first-order valence-electron chi connectivity index (χ1n) is 5.64. The fourth-order valence-electron chi connectivity index (χ4n) is 1.91. The Labute approximate surface area is 95.9 Å². The van der Waals surface area contributed by atoms with E-state index >= 15 is 0 Å². The molecule has 0 amide bonds. The van der Waals surface area contributed by atoms with E-state index in [0.717, 1.165) is 25.4 Å². The molecule has 0 saturated carbocycles. The zero-order chi connectivity index (χ0) is 11.5. The fraction of sp³-hybridized carbons (Fsp3) is 0.583. The molecule has 0 bridgehead atoms. The van der Waals surface area contributed by atoms with Crippen LogP contribution < -0.4 is 0 Å². The van der Waals surface area contributed by atoms with Crippen LogP contribution in [-0.2, 0) is 11.3 Å². The maximum Gasteiger partial charge on any atom is 0.133 e. The highest BCUT2D eigenvalue weighted by atomic mass is 16.5. The first-order chi connectivity index (χ1) is 7.65. The lowest BCUT2D eigenvalue weighted by Crippen LogP contribution is -2.46. The molecule has 1 saturated heterocycles. The lowest BCUT2D eigenvalue weighted by molar-refractivity contribution is -0.0530. The van der Waals surface area contributed by atoms with Crippen LogP contribution in [-0.4, -0.2) is 40.3 Å². The smallest absolute Gasteiger partial charge is 0.133 e. The van der Waals surface area contributed by atoms with Crippen LogP contribution in [0.3, 0.4) is 0 Å². The summed E-state index contributed by atoms with van der Waals surface area (Å²) in [5.41, 5.74) is 0.985. The Balaban J connectivity index is 2.00. The minimum absolute atomic E-state index is 0.215. The molecule has 2 rings (SSSR count). The van der Waals surface area contributed by atoms with Gasteiger partial charge in [-0.3, -0.25) is 9.88 Å². The summed E-state index contributed by atoms with van der Waals surface area (Å²) < 4.78 is 5.58. The number of aromatic nitrogens is 1. The van der Waals surface area contributed by atoms with Gasteiger partial charge in [-0.25, -0.2) is 0 Å². The lowest BCUT2D eigenvalue weighted by Gasteiger charge is -2.36. The van der Waals surface area contributed by atoms with E-state index in [9.17, 15) is 0 Å². The summed E-state index contributed by atoms with van der Waals surface area (Å²) >= 11 is 0. The Hall–Kier alpha value is -1.13. The zero-order valence-corrected chi connectivity index (χ0v) is 9.76. The second-order valence-corrected chi connectivity index (χ2v) is 4.43. The van der Waals surface area contributed by atoms with Crippen LogP contribution in [0.5, 0.6) is 5.75 Å². The van der Waals surface area contributed by atoms with Gasteiger partial charge in [0.25, 0.3) is 0 Å². The summed E-state index contributed by atoms with van der Waals surface area (Å²) in [6.07, 6.45) is 1.78. The minimum atomic E-state index is 0.215. The molecule has 4 heteroatoms. The third-order valence-electron chi connectivity index (χ3n) is 2.91. The fourth-order valence-corrected chi connectivity index (χ4v) is 1.91. The van der Waals surface area contributed by atoms with Crippen LogP contribution in [0.15, 0.2) is 18.3 Å². The number of morpholine rings is 1. The molecule has 0 aromatic carbocycles. The Kier molecular flexibility index (Phi) is 3.41. The number of ether oxygens (including phenoxy) is 1. The Bertz CT molecular complexity index is 339. The SMILES string of the molecule is CC1CN(Cc2ccc(O)cn2)C(C)CO1.